The van der Waals surface area contributed by atoms with E-state index in [1.165, 1.54) is 5.57 Å². The zero-order chi connectivity index (χ0) is 11.2. The highest BCUT2D eigenvalue weighted by molar-refractivity contribution is 5.04. The highest BCUT2D eigenvalue weighted by Gasteiger charge is 2.05. The average Bonchev–Trinajstić information content (AvgIpc) is 1.94. The van der Waals surface area contributed by atoms with E-state index in [-0.39, 0.29) is 5.41 Å². The molecule has 14 heavy (non-hydrogen) atoms. The largest absolute Gasteiger partial charge is 0.377 e. The summed E-state index contributed by atoms with van der Waals surface area (Å²) >= 11 is 0. The van der Waals surface area contributed by atoms with E-state index >= 15 is 0 Å². The molecule has 1 nitrogen and oxygen atoms in total. The molecule has 0 bridgehead atoms. The van der Waals surface area contributed by atoms with Gasteiger partial charge in [-0.05, 0) is 24.7 Å². The SMILES string of the molecule is C/C(=C/C(C)(C)C)COCCC(C)C. The fourth-order valence-corrected chi connectivity index (χ4v) is 1.33. The molecule has 0 N–H and O–H groups in total. The van der Waals surface area contributed by atoms with E-state index in [1.807, 2.05) is 0 Å². The van der Waals surface area contributed by atoms with Gasteiger partial charge in [0.25, 0.3) is 0 Å². The summed E-state index contributed by atoms with van der Waals surface area (Å²) in [6.07, 6.45) is 3.44. The van der Waals surface area contributed by atoms with Crippen LogP contribution in [0.4, 0.5) is 0 Å². The maximum atomic E-state index is 5.58. The minimum atomic E-state index is 0.269. The van der Waals surface area contributed by atoms with Gasteiger partial charge in [0.15, 0.2) is 0 Å². The van der Waals surface area contributed by atoms with Crippen LogP contribution in [-0.2, 0) is 4.74 Å². The predicted molar refractivity (Wildman–Crippen MR) is 63.5 cm³/mol. The summed E-state index contributed by atoms with van der Waals surface area (Å²) in [5.74, 6) is 0.738. The number of rotatable bonds is 5. The van der Waals surface area contributed by atoms with Gasteiger partial charge in [0.05, 0.1) is 6.61 Å². The van der Waals surface area contributed by atoms with Gasteiger partial charge in [-0.2, -0.15) is 0 Å². The van der Waals surface area contributed by atoms with Crippen molar-refractivity contribution in [3.63, 3.8) is 0 Å². The lowest BCUT2D eigenvalue weighted by Crippen LogP contribution is -2.05. The van der Waals surface area contributed by atoms with E-state index in [0.29, 0.717) is 0 Å². The molecule has 0 aliphatic carbocycles. The van der Waals surface area contributed by atoms with E-state index in [0.717, 1.165) is 25.6 Å². The molecule has 0 unspecified atom stereocenters. The highest BCUT2D eigenvalue weighted by atomic mass is 16.5. The Kier molecular flexibility index (Phi) is 6.10. The van der Waals surface area contributed by atoms with Gasteiger partial charge in [0.1, 0.15) is 0 Å². The first-order chi connectivity index (χ1) is 6.31. The lowest BCUT2D eigenvalue weighted by Gasteiger charge is -2.14. The monoisotopic (exact) mass is 198 g/mol. The minimum Gasteiger partial charge on any atom is -0.377 e. The summed E-state index contributed by atoms with van der Waals surface area (Å²) in [5, 5.41) is 0. The molecule has 0 fully saturated rings. The van der Waals surface area contributed by atoms with E-state index < -0.39 is 0 Å². The second-order valence-electron chi connectivity index (χ2n) is 5.59. The van der Waals surface area contributed by atoms with E-state index in [2.05, 4.69) is 47.6 Å². The van der Waals surface area contributed by atoms with Crippen molar-refractivity contribution in [2.24, 2.45) is 11.3 Å². The van der Waals surface area contributed by atoms with Gasteiger partial charge in [-0.1, -0.05) is 46.3 Å². The molecule has 0 aromatic heterocycles. The van der Waals surface area contributed by atoms with Crippen LogP contribution in [0.5, 0.6) is 0 Å². The van der Waals surface area contributed by atoms with Gasteiger partial charge >= 0.3 is 0 Å². The zero-order valence-electron chi connectivity index (χ0n) is 10.7. The van der Waals surface area contributed by atoms with Gasteiger partial charge in [-0.15, -0.1) is 0 Å². The van der Waals surface area contributed by atoms with Gasteiger partial charge in [0.2, 0.25) is 0 Å². The first-order valence-corrected chi connectivity index (χ1v) is 5.57. The summed E-state index contributed by atoms with van der Waals surface area (Å²) in [7, 11) is 0. The van der Waals surface area contributed by atoms with E-state index in [1.54, 1.807) is 0 Å². The third kappa shape index (κ3) is 9.79. The van der Waals surface area contributed by atoms with Gasteiger partial charge in [0, 0.05) is 6.61 Å². The lowest BCUT2D eigenvalue weighted by atomic mass is 9.94. The maximum Gasteiger partial charge on any atom is 0.0674 e. The molecule has 0 radical (unpaired) electrons. The van der Waals surface area contributed by atoms with Crippen molar-refractivity contribution in [1.29, 1.82) is 0 Å². The van der Waals surface area contributed by atoms with Gasteiger partial charge in [-0.3, -0.25) is 0 Å². The molecule has 0 amide bonds. The third-order valence-corrected chi connectivity index (χ3v) is 1.85. The molecule has 0 aromatic rings. The Hall–Kier alpha value is -0.300. The van der Waals surface area contributed by atoms with Gasteiger partial charge in [-0.25, -0.2) is 0 Å². The Morgan fingerprint density at radius 2 is 1.86 bits per heavy atom. The first-order valence-electron chi connectivity index (χ1n) is 5.57. The second-order valence-corrected chi connectivity index (χ2v) is 5.59. The van der Waals surface area contributed by atoms with Crippen molar-refractivity contribution >= 4 is 0 Å². The van der Waals surface area contributed by atoms with Crippen molar-refractivity contribution in [2.45, 2.75) is 48.0 Å². The summed E-state index contributed by atoms with van der Waals surface area (Å²) in [4.78, 5) is 0. The fourth-order valence-electron chi connectivity index (χ4n) is 1.33. The quantitative estimate of drug-likeness (QED) is 0.478. The van der Waals surface area contributed by atoms with Crippen LogP contribution in [0.3, 0.4) is 0 Å². The predicted octanol–water partition coefficient (Wildman–Crippen LogP) is 4.04. The van der Waals surface area contributed by atoms with Crippen LogP contribution in [-0.4, -0.2) is 13.2 Å². The maximum absolute atomic E-state index is 5.58. The summed E-state index contributed by atoms with van der Waals surface area (Å²) in [6, 6.07) is 0. The molecular formula is C13H26O. The molecule has 0 aliphatic heterocycles. The van der Waals surface area contributed by atoms with Crippen LogP contribution in [0.15, 0.2) is 11.6 Å². The van der Waals surface area contributed by atoms with Crippen LogP contribution in [0, 0.1) is 11.3 Å². The van der Waals surface area contributed by atoms with Crippen molar-refractivity contribution in [3.05, 3.63) is 11.6 Å². The summed E-state index contributed by atoms with van der Waals surface area (Å²) in [6.45, 7) is 14.9. The second kappa shape index (κ2) is 6.23. The molecule has 0 atom stereocenters. The van der Waals surface area contributed by atoms with Crippen LogP contribution in [0.1, 0.15) is 48.0 Å². The number of ether oxygens (including phenoxy) is 1. The Morgan fingerprint density at radius 1 is 1.29 bits per heavy atom. The molecule has 0 rings (SSSR count). The Morgan fingerprint density at radius 3 is 2.29 bits per heavy atom. The summed E-state index contributed by atoms with van der Waals surface area (Å²) < 4.78 is 5.58. The van der Waals surface area contributed by atoms with Gasteiger partial charge < -0.3 is 4.74 Å². The third-order valence-electron chi connectivity index (χ3n) is 1.85. The molecule has 0 spiro atoms. The highest BCUT2D eigenvalue weighted by Crippen LogP contribution is 2.17. The molecule has 0 saturated heterocycles. The average molecular weight is 198 g/mol. The Balaban J connectivity index is 3.64. The molecular weight excluding hydrogens is 172 g/mol. The van der Waals surface area contributed by atoms with Crippen LogP contribution in [0.2, 0.25) is 0 Å². The fraction of sp³-hybridized carbons (Fsp3) is 0.846. The molecule has 0 aliphatic rings. The van der Waals surface area contributed by atoms with Crippen molar-refractivity contribution in [2.75, 3.05) is 13.2 Å². The standard InChI is InChI=1S/C13H26O/c1-11(2)7-8-14-10-12(3)9-13(4,5)6/h9,11H,7-8,10H2,1-6H3/b12-9-. The first kappa shape index (κ1) is 13.7. The van der Waals surface area contributed by atoms with Crippen LogP contribution < -0.4 is 0 Å². The molecule has 0 saturated carbocycles. The van der Waals surface area contributed by atoms with E-state index in [4.69, 9.17) is 4.74 Å². The molecule has 1 heteroatoms. The van der Waals surface area contributed by atoms with Crippen molar-refractivity contribution in [3.8, 4) is 0 Å². The molecule has 0 heterocycles. The molecule has 84 valence electrons. The lowest BCUT2D eigenvalue weighted by molar-refractivity contribution is 0.143. The van der Waals surface area contributed by atoms with Crippen molar-refractivity contribution < 1.29 is 4.74 Å². The normalized spacial score (nSPS) is 13.8. The van der Waals surface area contributed by atoms with Crippen LogP contribution >= 0.6 is 0 Å². The zero-order valence-corrected chi connectivity index (χ0v) is 10.7. The smallest absolute Gasteiger partial charge is 0.0674 e. The van der Waals surface area contributed by atoms with Crippen LogP contribution in [0.25, 0.3) is 0 Å². The summed E-state index contributed by atoms with van der Waals surface area (Å²) in [5.41, 5.74) is 1.60. The van der Waals surface area contributed by atoms with E-state index in [9.17, 15) is 0 Å². The Bertz CT molecular complexity index is 172. The number of hydrogen-bond donors (Lipinski definition) is 0. The van der Waals surface area contributed by atoms with Crippen molar-refractivity contribution in [1.82, 2.24) is 0 Å². The topological polar surface area (TPSA) is 9.23 Å². The molecule has 0 aromatic carbocycles. The minimum absolute atomic E-state index is 0.269. The Labute approximate surface area is 89.5 Å². The number of hydrogen-bond acceptors (Lipinski definition) is 1. The number of allylic oxidation sites excluding steroid dienone is 1.